The van der Waals surface area contributed by atoms with E-state index >= 15 is 0 Å². The number of carbonyl (C=O) groups excluding carboxylic acids is 1. The highest BCUT2D eigenvalue weighted by molar-refractivity contribution is 8.00. The molecule has 2 heterocycles. The monoisotopic (exact) mass is 348 g/mol. The Bertz CT molecular complexity index is 662. The van der Waals surface area contributed by atoms with Gasteiger partial charge >= 0.3 is 0 Å². The maximum atomic E-state index is 12.4. The van der Waals surface area contributed by atoms with Crippen molar-refractivity contribution in [2.24, 2.45) is 0 Å². The molecule has 2 aromatic rings. The average molecular weight is 348 g/mol. The van der Waals surface area contributed by atoms with E-state index in [1.54, 1.807) is 28.0 Å². The quantitative estimate of drug-likeness (QED) is 0.752. The number of rotatable bonds is 6. The summed E-state index contributed by atoms with van der Waals surface area (Å²) in [6, 6.07) is 8.07. The molecule has 1 aromatic heterocycles. The van der Waals surface area contributed by atoms with E-state index < -0.39 is 0 Å². The van der Waals surface area contributed by atoms with Gasteiger partial charge in [0.2, 0.25) is 5.91 Å². The van der Waals surface area contributed by atoms with Crippen molar-refractivity contribution in [3.05, 3.63) is 40.9 Å². The molecule has 6 heteroatoms. The highest BCUT2D eigenvalue weighted by atomic mass is 32.2. The van der Waals surface area contributed by atoms with Crippen molar-refractivity contribution < 1.29 is 9.53 Å². The lowest BCUT2D eigenvalue weighted by molar-refractivity contribution is -0.130. The molecule has 23 heavy (non-hydrogen) atoms. The van der Waals surface area contributed by atoms with Crippen LogP contribution < -0.4 is 4.74 Å². The molecular weight excluding hydrogens is 328 g/mol. The van der Waals surface area contributed by atoms with Crippen LogP contribution in [0.2, 0.25) is 0 Å². The number of thiazole rings is 1. The zero-order valence-electron chi connectivity index (χ0n) is 13.3. The minimum Gasteiger partial charge on any atom is -0.488 e. The topological polar surface area (TPSA) is 42.4 Å². The highest BCUT2D eigenvalue weighted by Crippen LogP contribution is 2.28. The Morgan fingerprint density at radius 1 is 1.48 bits per heavy atom. The summed E-state index contributed by atoms with van der Waals surface area (Å²) in [7, 11) is 1.84. The number of aromatic nitrogens is 1. The predicted molar refractivity (Wildman–Crippen MR) is 94.4 cm³/mol. The van der Waals surface area contributed by atoms with Crippen molar-refractivity contribution in [2.75, 3.05) is 19.3 Å². The van der Waals surface area contributed by atoms with Gasteiger partial charge in [-0.05, 0) is 17.4 Å². The molecule has 1 aromatic carbocycles. The first-order valence-electron chi connectivity index (χ1n) is 7.71. The van der Waals surface area contributed by atoms with Gasteiger partial charge in [0.15, 0.2) is 0 Å². The van der Waals surface area contributed by atoms with E-state index in [4.69, 9.17) is 4.74 Å². The molecule has 0 N–H and O–H groups in total. The number of thioether (sulfide) groups is 1. The Morgan fingerprint density at radius 3 is 3.09 bits per heavy atom. The molecule has 3 rings (SSSR count). The number of fused-ring (bicyclic) bond motifs is 1. The second-order valence-electron chi connectivity index (χ2n) is 5.54. The van der Waals surface area contributed by atoms with E-state index in [0.717, 1.165) is 28.0 Å². The Labute approximate surface area is 144 Å². The summed E-state index contributed by atoms with van der Waals surface area (Å²) in [4.78, 5) is 18.6. The third-order valence-electron chi connectivity index (χ3n) is 3.75. The molecule has 1 aliphatic rings. The molecule has 0 saturated carbocycles. The van der Waals surface area contributed by atoms with Gasteiger partial charge in [-0.25, -0.2) is 4.98 Å². The maximum Gasteiger partial charge on any atom is 0.228 e. The van der Waals surface area contributed by atoms with Gasteiger partial charge in [0.25, 0.3) is 0 Å². The summed E-state index contributed by atoms with van der Waals surface area (Å²) in [6.45, 7) is 2.71. The molecule has 122 valence electrons. The lowest BCUT2D eigenvalue weighted by Gasteiger charge is -2.20. The van der Waals surface area contributed by atoms with E-state index in [9.17, 15) is 4.79 Å². The van der Waals surface area contributed by atoms with Gasteiger partial charge in [0.1, 0.15) is 16.2 Å². The van der Waals surface area contributed by atoms with Gasteiger partial charge in [-0.1, -0.05) is 36.9 Å². The van der Waals surface area contributed by atoms with Crippen LogP contribution in [0.1, 0.15) is 18.2 Å². The number of ether oxygens (including phenoxy) is 1. The van der Waals surface area contributed by atoms with Crippen LogP contribution >= 0.6 is 23.1 Å². The van der Waals surface area contributed by atoms with Crippen LogP contribution in [0.3, 0.4) is 0 Å². The number of para-hydroxylation sites is 1. The number of hydrogen-bond donors (Lipinski definition) is 0. The van der Waals surface area contributed by atoms with E-state index in [-0.39, 0.29) is 12.0 Å². The molecule has 0 radical (unpaired) electrons. The smallest absolute Gasteiger partial charge is 0.228 e. The van der Waals surface area contributed by atoms with E-state index in [2.05, 4.69) is 18.0 Å². The fourth-order valence-electron chi connectivity index (χ4n) is 2.61. The summed E-state index contributed by atoms with van der Waals surface area (Å²) < 4.78 is 6.94. The molecular formula is C17H20N2O2S2. The van der Waals surface area contributed by atoms with Crippen LogP contribution in [-0.2, 0) is 17.6 Å². The third-order valence-corrected chi connectivity index (χ3v) is 5.70. The Kier molecular flexibility index (Phi) is 5.23. The number of hydrogen-bond acceptors (Lipinski definition) is 5. The zero-order chi connectivity index (χ0) is 16.2. The van der Waals surface area contributed by atoms with Crippen LogP contribution in [0.25, 0.3) is 0 Å². The lowest BCUT2D eigenvalue weighted by atomic mass is 10.1. The first-order valence-corrected chi connectivity index (χ1v) is 9.58. The predicted octanol–water partition coefficient (Wildman–Crippen LogP) is 3.26. The first kappa shape index (κ1) is 16.3. The fraction of sp³-hybridized carbons (Fsp3) is 0.412. The molecule has 1 aliphatic heterocycles. The van der Waals surface area contributed by atoms with Crippen LogP contribution in [-0.4, -0.2) is 41.2 Å². The summed E-state index contributed by atoms with van der Waals surface area (Å²) in [5, 5.41) is 1.98. The maximum absolute atomic E-state index is 12.4. The van der Waals surface area contributed by atoms with Gasteiger partial charge in [-0.2, -0.15) is 0 Å². The first-order chi connectivity index (χ1) is 11.2. The number of amides is 1. The fourth-order valence-corrected chi connectivity index (χ4v) is 4.35. The van der Waals surface area contributed by atoms with Crippen LogP contribution in [0.5, 0.6) is 5.75 Å². The standard InChI is InChI=1S/C17H20N2O2S2/c1-3-22-17-18-13(11-23-17)9-16(20)19(2)10-14-8-12-6-4-5-7-15(12)21-14/h4-7,11,14H,3,8-10H2,1-2H3. The largest absolute Gasteiger partial charge is 0.488 e. The van der Waals surface area contributed by atoms with Crippen molar-refractivity contribution in [2.45, 2.75) is 30.2 Å². The van der Waals surface area contributed by atoms with Gasteiger partial charge < -0.3 is 9.64 Å². The normalized spacial score (nSPS) is 16.0. The Balaban J connectivity index is 1.52. The summed E-state index contributed by atoms with van der Waals surface area (Å²) >= 11 is 3.32. The number of carbonyl (C=O) groups is 1. The Morgan fingerprint density at radius 2 is 2.30 bits per heavy atom. The molecule has 1 unspecified atom stereocenters. The average Bonchev–Trinajstić information content (AvgIpc) is 3.13. The van der Waals surface area contributed by atoms with Gasteiger partial charge in [-0.3, -0.25) is 4.79 Å². The molecule has 0 bridgehead atoms. The molecule has 0 aliphatic carbocycles. The SMILES string of the molecule is CCSc1nc(CC(=O)N(C)CC2Cc3ccccc3O2)cs1. The van der Waals surface area contributed by atoms with Crippen molar-refractivity contribution in [3.63, 3.8) is 0 Å². The van der Waals surface area contributed by atoms with Crippen LogP contribution in [0.4, 0.5) is 0 Å². The highest BCUT2D eigenvalue weighted by Gasteiger charge is 2.25. The van der Waals surface area contributed by atoms with Gasteiger partial charge in [0, 0.05) is 18.8 Å². The minimum atomic E-state index is 0.0444. The molecule has 4 nitrogen and oxygen atoms in total. The van der Waals surface area contributed by atoms with Crippen LogP contribution in [0, 0.1) is 0 Å². The summed E-state index contributed by atoms with van der Waals surface area (Å²) in [6.07, 6.45) is 1.27. The molecule has 1 amide bonds. The zero-order valence-corrected chi connectivity index (χ0v) is 15.0. The van der Waals surface area contributed by atoms with E-state index in [0.29, 0.717) is 13.0 Å². The van der Waals surface area contributed by atoms with Gasteiger partial charge in [0.05, 0.1) is 18.7 Å². The molecule has 0 spiro atoms. The minimum absolute atomic E-state index is 0.0444. The Hall–Kier alpha value is -1.53. The molecule has 0 fully saturated rings. The molecule has 1 atom stereocenters. The van der Waals surface area contributed by atoms with E-state index in [1.807, 2.05) is 30.6 Å². The second kappa shape index (κ2) is 7.36. The second-order valence-corrected chi connectivity index (χ2v) is 7.91. The number of nitrogens with zero attached hydrogens (tertiary/aromatic N) is 2. The lowest BCUT2D eigenvalue weighted by Crippen LogP contribution is -2.37. The van der Waals surface area contributed by atoms with Crippen LogP contribution in [0.15, 0.2) is 34.0 Å². The summed E-state index contributed by atoms with van der Waals surface area (Å²) in [5.74, 6) is 2.03. The van der Waals surface area contributed by atoms with Gasteiger partial charge in [-0.15, -0.1) is 11.3 Å². The van der Waals surface area contributed by atoms with Crippen molar-refractivity contribution in [3.8, 4) is 5.75 Å². The number of benzene rings is 1. The third kappa shape index (κ3) is 4.06. The summed E-state index contributed by atoms with van der Waals surface area (Å²) in [5.41, 5.74) is 2.08. The van der Waals surface area contributed by atoms with E-state index in [1.165, 1.54) is 5.56 Å². The molecule has 0 saturated heterocycles. The number of likely N-dealkylation sites (N-methyl/N-ethyl adjacent to an activating group) is 1. The van der Waals surface area contributed by atoms with Crippen molar-refractivity contribution >= 4 is 29.0 Å². The van der Waals surface area contributed by atoms with Crippen molar-refractivity contribution in [1.82, 2.24) is 9.88 Å². The van der Waals surface area contributed by atoms with Crippen molar-refractivity contribution in [1.29, 1.82) is 0 Å².